The summed E-state index contributed by atoms with van der Waals surface area (Å²) < 4.78 is 4.57. The number of hydrogen-bond acceptors (Lipinski definition) is 4. The molecule has 1 rings (SSSR count). The lowest BCUT2D eigenvalue weighted by Gasteiger charge is -2.15. The average molecular weight is 253 g/mol. The lowest BCUT2D eigenvalue weighted by Crippen LogP contribution is -2.20. The summed E-state index contributed by atoms with van der Waals surface area (Å²) in [5, 5.41) is 12.5. The molecule has 0 radical (unpaired) electrons. The Labute approximate surface area is 105 Å². The molecule has 1 atom stereocenters. The fourth-order valence-corrected chi connectivity index (χ4v) is 1.56. The van der Waals surface area contributed by atoms with Crippen LogP contribution in [0.25, 0.3) is 0 Å². The SMILES string of the molecule is COC(=O)CC(C)Nc1cc(Cl)ccc1C#N. The Kier molecular flexibility index (Phi) is 4.80. The Balaban J connectivity index is 2.77. The molecule has 1 aromatic rings. The van der Waals surface area contributed by atoms with Crippen molar-refractivity contribution in [1.29, 1.82) is 5.26 Å². The van der Waals surface area contributed by atoms with Crippen LogP contribution in [0, 0.1) is 11.3 Å². The molecule has 1 aromatic carbocycles. The Morgan fingerprint density at radius 2 is 2.35 bits per heavy atom. The minimum absolute atomic E-state index is 0.131. The van der Waals surface area contributed by atoms with Gasteiger partial charge in [-0.2, -0.15) is 5.26 Å². The zero-order chi connectivity index (χ0) is 12.8. The van der Waals surface area contributed by atoms with Gasteiger partial charge in [-0.25, -0.2) is 0 Å². The summed E-state index contributed by atoms with van der Waals surface area (Å²) in [6.07, 6.45) is 0.230. The summed E-state index contributed by atoms with van der Waals surface area (Å²) in [5.74, 6) is -0.300. The van der Waals surface area contributed by atoms with E-state index in [1.807, 2.05) is 6.92 Å². The van der Waals surface area contributed by atoms with Crippen LogP contribution in [-0.2, 0) is 9.53 Å². The molecular weight excluding hydrogens is 240 g/mol. The summed E-state index contributed by atoms with van der Waals surface area (Å²) in [4.78, 5) is 11.1. The number of nitriles is 1. The number of carbonyl (C=O) groups is 1. The molecule has 0 bridgehead atoms. The lowest BCUT2D eigenvalue weighted by molar-refractivity contribution is -0.140. The molecule has 5 heteroatoms. The molecule has 1 N–H and O–H groups in total. The fraction of sp³-hybridized carbons (Fsp3) is 0.333. The second-order valence-corrected chi connectivity index (χ2v) is 4.06. The number of rotatable bonds is 4. The molecule has 0 saturated heterocycles. The average Bonchev–Trinajstić information content (AvgIpc) is 2.29. The minimum Gasteiger partial charge on any atom is -0.469 e. The molecule has 0 spiro atoms. The zero-order valence-electron chi connectivity index (χ0n) is 9.66. The maximum absolute atomic E-state index is 11.1. The van der Waals surface area contributed by atoms with Gasteiger partial charge in [0, 0.05) is 11.1 Å². The van der Waals surface area contributed by atoms with Crippen molar-refractivity contribution in [2.45, 2.75) is 19.4 Å². The van der Waals surface area contributed by atoms with Crippen molar-refractivity contribution in [2.24, 2.45) is 0 Å². The van der Waals surface area contributed by atoms with Gasteiger partial charge in [0.2, 0.25) is 0 Å². The molecule has 0 aliphatic heterocycles. The third-order valence-corrected chi connectivity index (χ3v) is 2.44. The first-order valence-electron chi connectivity index (χ1n) is 5.09. The summed E-state index contributed by atoms with van der Waals surface area (Å²) in [6, 6.07) is 6.87. The molecule has 90 valence electrons. The van der Waals surface area contributed by atoms with Gasteiger partial charge >= 0.3 is 5.97 Å². The number of nitrogens with zero attached hydrogens (tertiary/aromatic N) is 1. The van der Waals surface area contributed by atoms with E-state index in [2.05, 4.69) is 16.1 Å². The van der Waals surface area contributed by atoms with Gasteiger partial charge in [-0.15, -0.1) is 0 Å². The maximum Gasteiger partial charge on any atom is 0.307 e. The number of hydrogen-bond donors (Lipinski definition) is 1. The van der Waals surface area contributed by atoms with E-state index in [9.17, 15) is 4.79 Å². The minimum atomic E-state index is -0.300. The van der Waals surface area contributed by atoms with Gasteiger partial charge in [-0.05, 0) is 25.1 Å². The van der Waals surface area contributed by atoms with Gasteiger partial charge in [0.25, 0.3) is 0 Å². The molecule has 0 aromatic heterocycles. The van der Waals surface area contributed by atoms with Crippen molar-refractivity contribution < 1.29 is 9.53 Å². The van der Waals surface area contributed by atoms with Crippen LogP contribution in [0.3, 0.4) is 0 Å². The predicted octanol–water partition coefficient (Wildman–Crippen LogP) is 2.58. The largest absolute Gasteiger partial charge is 0.469 e. The van der Waals surface area contributed by atoms with E-state index >= 15 is 0 Å². The van der Waals surface area contributed by atoms with E-state index in [1.165, 1.54) is 7.11 Å². The molecule has 4 nitrogen and oxygen atoms in total. The van der Waals surface area contributed by atoms with Crippen LogP contribution in [0.4, 0.5) is 5.69 Å². The highest BCUT2D eigenvalue weighted by Gasteiger charge is 2.11. The number of ether oxygens (including phenoxy) is 1. The molecule has 17 heavy (non-hydrogen) atoms. The number of halogens is 1. The summed E-state index contributed by atoms with van der Waals surface area (Å²) in [6.45, 7) is 1.83. The third-order valence-electron chi connectivity index (χ3n) is 2.20. The van der Waals surface area contributed by atoms with Crippen molar-refractivity contribution in [2.75, 3.05) is 12.4 Å². The molecule has 0 amide bonds. The van der Waals surface area contributed by atoms with Crippen LogP contribution in [0.2, 0.25) is 5.02 Å². The first kappa shape index (κ1) is 13.3. The van der Waals surface area contributed by atoms with Gasteiger partial charge in [-0.1, -0.05) is 11.6 Å². The van der Waals surface area contributed by atoms with Gasteiger partial charge in [-0.3, -0.25) is 4.79 Å². The number of benzene rings is 1. The summed E-state index contributed by atoms with van der Waals surface area (Å²) in [5.41, 5.74) is 1.11. The molecule has 0 aliphatic carbocycles. The van der Waals surface area contributed by atoms with Crippen LogP contribution in [0.1, 0.15) is 18.9 Å². The normalized spacial score (nSPS) is 11.4. The molecule has 0 heterocycles. The van der Waals surface area contributed by atoms with E-state index in [1.54, 1.807) is 18.2 Å². The molecular formula is C12H13ClN2O2. The highest BCUT2D eigenvalue weighted by Crippen LogP contribution is 2.21. The van der Waals surface area contributed by atoms with Crippen LogP contribution >= 0.6 is 11.6 Å². The Bertz CT molecular complexity index is 454. The topological polar surface area (TPSA) is 62.1 Å². The van der Waals surface area contributed by atoms with Crippen LogP contribution < -0.4 is 5.32 Å². The van der Waals surface area contributed by atoms with Gasteiger partial charge in [0.1, 0.15) is 6.07 Å². The molecule has 0 aliphatic rings. The van der Waals surface area contributed by atoms with E-state index in [0.717, 1.165) is 0 Å². The standard InChI is InChI=1S/C12H13ClN2O2/c1-8(5-12(16)17-2)15-11-6-10(13)4-3-9(11)7-14/h3-4,6,8,15H,5H2,1-2H3. The van der Waals surface area contributed by atoms with Crippen molar-refractivity contribution >= 4 is 23.3 Å². The van der Waals surface area contributed by atoms with Gasteiger partial charge < -0.3 is 10.1 Å². The van der Waals surface area contributed by atoms with Crippen LogP contribution in [0.15, 0.2) is 18.2 Å². The number of esters is 1. The van der Waals surface area contributed by atoms with E-state index < -0.39 is 0 Å². The van der Waals surface area contributed by atoms with Crippen molar-refractivity contribution in [1.82, 2.24) is 0 Å². The van der Waals surface area contributed by atoms with E-state index in [-0.39, 0.29) is 18.4 Å². The third kappa shape index (κ3) is 3.97. The Morgan fingerprint density at radius 1 is 1.65 bits per heavy atom. The zero-order valence-corrected chi connectivity index (χ0v) is 10.4. The predicted molar refractivity (Wildman–Crippen MR) is 65.9 cm³/mol. The second-order valence-electron chi connectivity index (χ2n) is 3.63. The fourth-order valence-electron chi connectivity index (χ4n) is 1.38. The molecule has 0 saturated carbocycles. The summed E-state index contributed by atoms with van der Waals surface area (Å²) in [7, 11) is 1.34. The van der Waals surface area contributed by atoms with E-state index in [4.69, 9.17) is 16.9 Å². The number of nitrogens with one attached hydrogen (secondary N) is 1. The quantitative estimate of drug-likeness (QED) is 0.837. The smallest absolute Gasteiger partial charge is 0.307 e. The van der Waals surface area contributed by atoms with E-state index in [0.29, 0.717) is 16.3 Å². The first-order chi connectivity index (χ1) is 8.06. The summed E-state index contributed by atoms with van der Waals surface area (Å²) >= 11 is 5.85. The number of anilines is 1. The Hall–Kier alpha value is -1.73. The molecule has 0 fully saturated rings. The van der Waals surface area contributed by atoms with Crippen molar-refractivity contribution in [3.05, 3.63) is 28.8 Å². The maximum atomic E-state index is 11.1. The first-order valence-corrected chi connectivity index (χ1v) is 5.47. The molecule has 1 unspecified atom stereocenters. The second kappa shape index (κ2) is 6.12. The van der Waals surface area contributed by atoms with Crippen molar-refractivity contribution in [3.63, 3.8) is 0 Å². The van der Waals surface area contributed by atoms with Gasteiger partial charge in [0.15, 0.2) is 0 Å². The number of carbonyl (C=O) groups excluding carboxylic acids is 1. The van der Waals surface area contributed by atoms with Gasteiger partial charge in [0.05, 0.1) is 24.8 Å². The lowest BCUT2D eigenvalue weighted by atomic mass is 10.1. The van der Waals surface area contributed by atoms with Crippen LogP contribution in [0.5, 0.6) is 0 Å². The Morgan fingerprint density at radius 3 is 2.94 bits per heavy atom. The van der Waals surface area contributed by atoms with Crippen LogP contribution in [-0.4, -0.2) is 19.1 Å². The highest BCUT2D eigenvalue weighted by atomic mass is 35.5. The monoisotopic (exact) mass is 252 g/mol. The highest BCUT2D eigenvalue weighted by molar-refractivity contribution is 6.30. The van der Waals surface area contributed by atoms with Crippen molar-refractivity contribution in [3.8, 4) is 6.07 Å². The number of methoxy groups -OCH3 is 1.